The van der Waals surface area contributed by atoms with Gasteiger partial charge in [-0.05, 0) is 38.8 Å². The SMILES string of the molecule is CCc1cc(C(=O)N2CCC(O)C2(C)C)ccn1. The van der Waals surface area contributed by atoms with Crippen LogP contribution in [0.4, 0.5) is 0 Å². The van der Waals surface area contributed by atoms with Crippen LogP contribution in [0.25, 0.3) is 0 Å². The van der Waals surface area contributed by atoms with Crippen molar-refractivity contribution in [3.05, 3.63) is 29.6 Å². The number of aliphatic hydroxyl groups is 1. The molecule has 1 saturated heterocycles. The van der Waals surface area contributed by atoms with Crippen molar-refractivity contribution in [2.24, 2.45) is 0 Å². The van der Waals surface area contributed by atoms with Crippen LogP contribution in [-0.2, 0) is 6.42 Å². The average molecular weight is 248 g/mol. The van der Waals surface area contributed by atoms with E-state index in [0.29, 0.717) is 18.5 Å². The summed E-state index contributed by atoms with van der Waals surface area (Å²) < 4.78 is 0. The third-order valence-corrected chi connectivity index (χ3v) is 3.81. The minimum atomic E-state index is -0.493. The van der Waals surface area contributed by atoms with Crippen LogP contribution < -0.4 is 0 Å². The van der Waals surface area contributed by atoms with E-state index in [-0.39, 0.29) is 5.91 Å². The lowest BCUT2D eigenvalue weighted by Gasteiger charge is -2.33. The van der Waals surface area contributed by atoms with Gasteiger partial charge < -0.3 is 10.0 Å². The summed E-state index contributed by atoms with van der Waals surface area (Å²) in [5, 5.41) is 9.92. The molecule has 2 rings (SSSR count). The van der Waals surface area contributed by atoms with Crippen molar-refractivity contribution >= 4 is 5.91 Å². The quantitative estimate of drug-likeness (QED) is 0.865. The highest BCUT2D eigenvalue weighted by Crippen LogP contribution is 2.30. The lowest BCUT2D eigenvalue weighted by atomic mass is 9.98. The first-order chi connectivity index (χ1) is 8.46. The Labute approximate surface area is 108 Å². The number of hydrogen-bond acceptors (Lipinski definition) is 3. The van der Waals surface area contributed by atoms with Gasteiger partial charge in [0, 0.05) is 24.0 Å². The Balaban J connectivity index is 2.26. The van der Waals surface area contributed by atoms with Gasteiger partial charge in [-0.2, -0.15) is 0 Å². The molecule has 1 unspecified atom stereocenters. The molecule has 1 amide bonds. The lowest BCUT2D eigenvalue weighted by Crippen LogP contribution is -2.48. The largest absolute Gasteiger partial charge is 0.391 e. The molecule has 1 fully saturated rings. The molecular weight excluding hydrogens is 228 g/mol. The van der Waals surface area contributed by atoms with Gasteiger partial charge in [0.05, 0.1) is 11.6 Å². The molecule has 0 aliphatic carbocycles. The molecule has 18 heavy (non-hydrogen) atoms. The summed E-state index contributed by atoms with van der Waals surface area (Å²) in [6.07, 6.45) is 2.68. The van der Waals surface area contributed by atoms with Crippen LogP contribution in [0.2, 0.25) is 0 Å². The summed E-state index contributed by atoms with van der Waals surface area (Å²) in [5.41, 5.74) is 1.08. The number of nitrogens with zero attached hydrogens (tertiary/aromatic N) is 2. The smallest absolute Gasteiger partial charge is 0.254 e. The number of aromatic nitrogens is 1. The van der Waals surface area contributed by atoms with Gasteiger partial charge in [0.25, 0.3) is 5.91 Å². The minimum Gasteiger partial charge on any atom is -0.391 e. The predicted molar refractivity (Wildman–Crippen MR) is 69.4 cm³/mol. The number of carbonyl (C=O) groups is 1. The van der Waals surface area contributed by atoms with Crippen LogP contribution in [0.3, 0.4) is 0 Å². The number of rotatable bonds is 2. The Morgan fingerprint density at radius 2 is 2.33 bits per heavy atom. The number of amides is 1. The second kappa shape index (κ2) is 4.69. The molecule has 1 aliphatic rings. The van der Waals surface area contributed by atoms with E-state index in [4.69, 9.17) is 0 Å². The van der Waals surface area contributed by atoms with Crippen LogP contribution >= 0.6 is 0 Å². The third kappa shape index (κ3) is 2.12. The molecule has 0 radical (unpaired) electrons. The number of hydrogen-bond donors (Lipinski definition) is 1. The van der Waals surface area contributed by atoms with Crippen LogP contribution in [-0.4, -0.2) is 39.1 Å². The Kier molecular flexibility index (Phi) is 3.39. The standard InChI is InChI=1S/C14H20N2O2/c1-4-11-9-10(5-7-15-11)13(18)16-8-6-12(17)14(16,2)3/h5,7,9,12,17H,4,6,8H2,1-3H3. The van der Waals surface area contributed by atoms with E-state index < -0.39 is 11.6 Å². The zero-order valence-electron chi connectivity index (χ0n) is 11.2. The summed E-state index contributed by atoms with van der Waals surface area (Å²) in [7, 11) is 0. The molecule has 2 heterocycles. The van der Waals surface area contributed by atoms with Gasteiger partial charge in [0.2, 0.25) is 0 Å². The Hall–Kier alpha value is -1.42. The number of aliphatic hydroxyl groups excluding tert-OH is 1. The van der Waals surface area contributed by atoms with Gasteiger partial charge in [0.15, 0.2) is 0 Å². The van der Waals surface area contributed by atoms with E-state index in [1.807, 2.05) is 26.8 Å². The number of carbonyl (C=O) groups excluding carboxylic acids is 1. The highest BCUT2D eigenvalue weighted by atomic mass is 16.3. The fraction of sp³-hybridized carbons (Fsp3) is 0.571. The van der Waals surface area contributed by atoms with Gasteiger partial charge in [-0.3, -0.25) is 9.78 Å². The molecule has 0 aromatic carbocycles. The van der Waals surface area contributed by atoms with Crippen molar-refractivity contribution in [1.29, 1.82) is 0 Å². The number of aryl methyl sites for hydroxylation is 1. The van der Waals surface area contributed by atoms with E-state index >= 15 is 0 Å². The first-order valence-electron chi connectivity index (χ1n) is 6.41. The summed E-state index contributed by atoms with van der Waals surface area (Å²) in [4.78, 5) is 18.4. The van der Waals surface area contributed by atoms with Crippen molar-refractivity contribution < 1.29 is 9.90 Å². The van der Waals surface area contributed by atoms with Gasteiger partial charge >= 0.3 is 0 Å². The Morgan fingerprint density at radius 1 is 1.61 bits per heavy atom. The first kappa shape index (κ1) is 13.0. The molecule has 1 atom stereocenters. The maximum Gasteiger partial charge on any atom is 0.254 e. The summed E-state index contributed by atoms with van der Waals surface area (Å²) in [5.74, 6) is -0.0198. The van der Waals surface area contributed by atoms with E-state index in [0.717, 1.165) is 12.1 Å². The van der Waals surface area contributed by atoms with Crippen molar-refractivity contribution in [3.8, 4) is 0 Å². The van der Waals surface area contributed by atoms with Gasteiger partial charge in [-0.1, -0.05) is 6.92 Å². The molecule has 98 valence electrons. The first-order valence-corrected chi connectivity index (χ1v) is 6.41. The Bertz CT molecular complexity index is 457. The predicted octanol–water partition coefficient (Wildman–Crippen LogP) is 1.63. The van der Waals surface area contributed by atoms with Crippen molar-refractivity contribution in [3.63, 3.8) is 0 Å². The Morgan fingerprint density at radius 3 is 2.89 bits per heavy atom. The summed E-state index contributed by atoms with van der Waals surface area (Å²) in [6.45, 7) is 6.44. The molecular formula is C14H20N2O2. The monoisotopic (exact) mass is 248 g/mol. The molecule has 0 bridgehead atoms. The fourth-order valence-corrected chi connectivity index (χ4v) is 2.40. The summed E-state index contributed by atoms with van der Waals surface area (Å²) in [6, 6.07) is 3.57. The van der Waals surface area contributed by atoms with E-state index in [2.05, 4.69) is 4.98 Å². The minimum absolute atomic E-state index is 0.0198. The van der Waals surface area contributed by atoms with Crippen molar-refractivity contribution in [1.82, 2.24) is 9.88 Å². The molecule has 1 aromatic heterocycles. The molecule has 0 spiro atoms. The number of pyridine rings is 1. The molecule has 0 saturated carbocycles. The van der Waals surface area contributed by atoms with E-state index in [1.54, 1.807) is 17.2 Å². The van der Waals surface area contributed by atoms with E-state index in [9.17, 15) is 9.90 Å². The fourth-order valence-electron chi connectivity index (χ4n) is 2.40. The molecule has 1 aliphatic heterocycles. The van der Waals surface area contributed by atoms with Gasteiger partial charge in [-0.15, -0.1) is 0 Å². The summed E-state index contributed by atoms with van der Waals surface area (Å²) >= 11 is 0. The topological polar surface area (TPSA) is 53.4 Å². The second-order valence-electron chi connectivity index (χ2n) is 5.30. The van der Waals surface area contributed by atoms with Crippen LogP contribution in [0, 0.1) is 0 Å². The van der Waals surface area contributed by atoms with Crippen LogP contribution in [0.1, 0.15) is 43.2 Å². The maximum atomic E-state index is 12.5. The normalized spacial score (nSPS) is 22.2. The lowest BCUT2D eigenvalue weighted by molar-refractivity contribution is 0.0394. The van der Waals surface area contributed by atoms with Crippen molar-refractivity contribution in [2.45, 2.75) is 45.3 Å². The zero-order valence-corrected chi connectivity index (χ0v) is 11.2. The van der Waals surface area contributed by atoms with Gasteiger partial charge in [0.1, 0.15) is 0 Å². The number of likely N-dealkylation sites (tertiary alicyclic amines) is 1. The molecule has 4 heteroatoms. The second-order valence-corrected chi connectivity index (χ2v) is 5.30. The highest BCUT2D eigenvalue weighted by Gasteiger charge is 2.43. The zero-order chi connectivity index (χ0) is 13.3. The average Bonchev–Trinajstić information content (AvgIpc) is 2.63. The van der Waals surface area contributed by atoms with Crippen molar-refractivity contribution in [2.75, 3.05) is 6.54 Å². The highest BCUT2D eigenvalue weighted by molar-refractivity contribution is 5.95. The molecule has 1 aromatic rings. The third-order valence-electron chi connectivity index (χ3n) is 3.81. The molecule has 4 nitrogen and oxygen atoms in total. The van der Waals surface area contributed by atoms with E-state index in [1.165, 1.54) is 0 Å². The molecule has 1 N–H and O–H groups in total. The van der Waals surface area contributed by atoms with Crippen LogP contribution in [0.15, 0.2) is 18.3 Å². The van der Waals surface area contributed by atoms with Crippen LogP contribution in [0.5, 0.6) is 0 Å². The maximum absolute atomic E-state index is 12.5. The van der Waals surface area contributed by atoms with Gasteiger partial charge in [-0.25, -0.2) is 0 Å².